The number of ether oxygens (including phenoxy) is 1. The third-order valence-corrected chi connectivity index (χ3v) is 4.17. The molecule has 1 aliphatic carbocycles. The first-order valence-corrected chi connectivity index (χ1v) is 8.22. The van der Waals surface area contributed by atoms with E-state index in [9.17, 15) is 0 Å². The van der Waals surface area contributed by atoms with Gasteiger partial charge in [-0.2, -0.15) is 0 Å². The molecule has 0 amide bonds. The molecule has 1 N–H and O–H groups in total. The van der Waals surface area contributed by atoms with Crippen molar-refractivity contribution >= 4 is 15.9 Å². The van der Waals surface area contributed by atoms with E-state index in [4.69, 9.17) is 4.74 Å². The van der Waals surface area contributed by atoms with Crippen LogP contribution in [0.1, 0.15) is 29.5 Å². The van der Waals surface area contributed by atoms with Gasteiger partial charge in [-0.1, -0.05) is 52.3 Å². The Morgan fingerprint density at radius 3 is 1.95 bits per heavy atom. The number of nitrogens with one attached hydrogen (secondary N) is 1. The molecule has 0 aromatic heterocycles. The average Bonchev–Trinajstić information content (AvgIpc) is 3.33. The molecule has 2 nitrogen and oxygen atoms in total. The minimum Gasteiger partial charge on any atom is -0.372 e. The summed E-state index contributed by atoms with van der Waals surface area (Å²) in [5.74, 6) is 0. The number of halogens is 1. The predicted molar refractivity (Wildman–Crippen MR) is 88.9 cm³/mol. The number of rotatable bonds is 7. The smallest absolute Gasteiger partial charge is 0.0721 e. The highest BCUT2D eigenvalue weighted by atomic mass is 79.9. The topological polar surface area (TPSA) is 21.3 Å². The Hall–Kier alpha value is -1.16. The van der Waals surface area contributed by atoms with E-state index in [-0.39, 0.29) is 0 Å². The third-order valence-electron chi connectivity index (χ3n) is 3.65. The maximum Gasteiger partial charge on any atom is 0.0721 e. The van der Waals surface area contributed by atoms with Crippen molar-refractivity contribution in [1.82, 2.24) is 5.32 Å². The summed E-state index contributed by atoms with van der Waals surface area (Å²) >= 11 is 3.44. The van der Waals surface area contributed by atoms with Crippen LogP contribution in [0.5, 0.6) is 0 Å². The number of benzene rings is 2. The Bertz CT molecular complexity index is 561. The lowest BCUT2D eigenvalue weighted by Crippen LogP contribution is -2.15. The van der Waals surface area contributed by atoms with Crippen molar-refractivity contribution in [2.45, 2.75) is 38.6 Å². The SMILES string of the molecule is Brc1ccc(COCc2ccc(CNC3CC3)cc2)cc1. The molecular formula is C18H20BrNO. The van der Waals surface area contributed by atoms with Gasteiger partial charge in [0.1, 0.15) is 0 Å². The normalized spacial score (nSPS) is 14.3. The van der Waals surface area contributed by atoms with E-state index in [1.807, 2.05) is 12.1 Å². The Kier molecular flexibility index (Phi) is 5.07. The highest BCUT2D eigenvalue weighted by molar-refractivity contribution is 9.10. The summed E-state index contributed by atoms with van der Waals surface area (Å²) in [4.78, 5) is 0. The molecule has 1 fully saturated rings. The van der Waals surface area contributed by atoms with Gasteiger partial charge in [-0.15, -0.1) is 0 Å². The van der Waals surface area contributed by atoms with Crippen LogP contribution in [0.25, 0.3) is 0 Å². The van der Waals surface area contributed by atoms with E-state index in [0.29, 0.717) is 13.2 Å². The van der Waals surface area contributed by atoms with Crippen molar-refractivity contribution < 1.29 is 4.74 Å². The maximum absolute atomic E-state index is 5.76. The van der Waals surface area contributed by atoms with Gasteiger partial charge in [0.25, 0.3) is 0 Å². The van der Waals surface area contributed by atoms with Gasteiger partial charge in [-0.25, -0.2) is 0 Å². The lowest BCUT2D eigenvalue weighted by atomic mass is 10.1. The molecule has 21 heavy (non-hydrogen) atoms. The summed E-state index contributed by atoms with van der Waals surface area (Å²) < 4.78 is 6.86. The Balaban J connectivity index is 1.43. The summed E-state index contributed by atoms with van der Waals surface area (Å²) in [6.45, 7) is 2.29. The quantitative estimate of drug-likeness (QED) is 0.801. The summed E-state index contributed by atoms with van der Waals surface area (Å²) in [6, 6.07) is 17.7. The first-order valence-electron chi connectivity index (χ1n) is 7.43. The second kappa shape index (κ2) is 7.21. The van der Waals surface area contributed by atoms with E-state index in [2.05, 4.69) is 57.6 Å². The van der Waals surface area contributed by atoms with Gasteiger partial charge in [-0.3, -0.25) is 0 Å². The van der Waals surface area contributed by atoms with Gasteiger partial charge in [-0.05, 0) is 41.7 Å². The molecule has 2 aromatic carbocycles. The minimum atomic E-state index is 0.651. The number of hydrogen-bond acceptors (Lipinski definition) is 2. The molecule has 0 aliphatic heterocycles. The van der Waals surface area contributed by atoms with E-state index in [0.717, 1.165) is 17.1 Å². The molecule has 1 saturated carbocycles. The second-order valence-corrected chi connectivity index (χ2v) is 6.51. The summed E-state index contributed by atoms with van der Waals surface area (Å²) in [7, 11) is 0. The molecule has 2 aromatic rings. The van der Waals surface area contributed by atoms with E-state index in [1.54, 1.807) is 0 Å². The van der Waals surface area contributed by atoms with Crippen LogP contribution in [0.15, 0.2) is 53.0 Å². The molecule has 0 bridgehead atoms. The monoisotopic (exact) mass is 345 g/mol. The fourth-order valence-electron chi connectivity index (χ4n) is 2.17. The highest BCUT2D eigenvalue weighted by Crippen LogP contribution is 2.19. The Morgan fingerprint density at radius 2 is 1.38 bits per heavy atom. The molecule has 1 aliphatic rings. The molecule has 110 valence electrons. The molecule has 0 atom stereocenters. The molecule has 0 saturated heterocycles. The van der Waals surface area contributed by atoms with Crippen LogP contribution in [0, 0.1) is 0 Å². The van der Waals surface area contributed by atoms with Crippen LogP contribution in [-0.4, -0.2) is 6.04 Å². The van der Waals surface area contributed by atoms with Crippen molar-refractivity contribution in [1.29, 1.82) is 0 Å². The van der Waals surface area contributed by atoms with Crippen LogP contribution < -0.4 is 5.32 Å². The van der Waals surface area contributed by atoms with E-state index >= 15 is 0 Å². The largest absolute Gasteiger partial charge is 0.372 e. The zero-order chi connectivity index (χ0) is 14.5. The van der Waals surface area contributed by atoms with E-state index < -0.39 is 0 Å². The summed E-state index contributed by atoms with van der Waals surface area (Å²) in [5, 5.41) is 3.53. The van der Waals surface area contributed by atoms with Crippen LogP contribution in [0.2, 0.25) is 0 Å². The third kappa shape index (κ3) is 4.95. The fourth-order valence-corrected chi connectivity index (χ4v) is 2.43. The molecule has 3 rings (SSSR count). The van der Waals surface area contributed by atoms with Crippen LogP contribution in [0.4, 0.5) is 0 Å². The van der Waals surface area contributed by atoms with Gasteiger partial charge in [0.05, 0.1) is 13.2 Å². The molecule has 0 heterocycles. The van der Waals surface area contributed by atoms with Crippen molar-refractivity contribution in [3.8, 4) is 0 Å². The Morgan fingerprint density at radius 1 is 0.857 bits per heavy atom. The first kappa shape index (κ1) is 14.8. The van der Waals surface area contributed by atoms with Gasteiger partial charge >= 0.3 is 0 Å². The molecule has 0 unspecified atom stereocenters. The molecular weight excluding hydrogens is 326 g/mol. The predicted octanol–water partition coefficient (Wildman–Crippen LogP) is 4.42. The lowest BCUT2D eigenvalue weighted by molar-refractivity contribution is 0.107. The second-order valence-electron chi connectivity index (χ2n) is 5.59. The highest BCUT2D eigenvalue weighted by Gasteiger charge is 2.19. The van der Waals surface area contributed by atoms with Crippen LogP contribution >= 0.6 is 15.9 Å². The van der Waals surface area contributed by atoms with E-state index in [1.165, 1.54) is 29.5 Å². The maximum atomic E-state index is 5.76. The van der Waals surface area contributed by atoms with Crippen molar-refractivity contribution in [3.05, 3.63) is 69.7 Å². The Labute approximate surface area is 134 Å². The minimum absolute atomic E-state index is 0.651. The van der Waals surface area contributed by atoms with Gasteiger partial charge in [0.2, 0.25) is 0 Å². The lowest BCUT2D eigenvalue weighted by Gasteiger charge is -2.07. The van der Waals surface area contributed by atoms with Crippen molar-refractivity contribution in [2.24, 2.45) is 0 Å². The number of hydrogen-bond donors (Lipinski definition) is 1. The fraction of sp³-hybridized carbons (Fsp3) is 0.333. The van der Waals surface area contributed by atoms with Crippen LogP contribution in [0.3, 0.4) is 0 Å². The van der Waals surface area contributed by atoms with Gasteiger partial charge in [0, 0.05) is 17.1 Å². The molecule has 0 spiro atoms. The van der Waals surface area contributed by atoms with Gasteiger partial charge < -0.3 is 10.1 Å². The van der Waals surface area contributed by atoms with Gasteiger partial charge in [0.15, 0.2) is 0 Å². The summed E-state index contributed by atoms with van der Waals surface area (Å²) in [5.41, 5.74) is 3.77. The van der Waals surface area contributed by atoms with Crippen LogP contribution in [-0.2, 0) is 24.5 Å². The van der Waals surface area contributed by atoms with Crippen molar-refractivity contribution in [2.75, 3.05) is 0 Å². The average molecular weight is 346 g/mol. The summed E-state index contributed by atoms with van der Waals surface area (Å²) in [6.07, 6.45) is 2.67. The standard InChI is InChI=1S/C18H20BrNO/c19-17-7-5-16(6-8-17)13-21-12-15-3-1-14(2-4-15)11-20-18-9-10-18/h1-8,18,20H,9-13H2. The molecule has 0 radical (unpaired) electrons. The first-order chi connectivity index (χ1) is 10.3. The molecule has 3 heteroatoms. The van der Waals surface area contributed by atoms with Crippen molar-refractivity contribution in [3.63, 3.8) is 0 Å². The zero-order valence-electron chi connectivity index (χ0n) is 12.0. The zero-order valence-corrected chi connectivity index (χ0v) is 13.6.